The van der Waals surface area contributed by atoms with Crippen LogP contribution in [0.5, 0.6) is 0 Å². The van der Waals surface area contributed by atoms with Crippen molar-refractivity contribution in [3.05, 3.63) is 45.3 Å². The van der Waals surface area contributed by atoms with Crippen LogP contribution in [0.4, 0.5) is 0 Å². The van der Waals surface area contributed by atoms with Crippen LogP contribution in [-0.2, 0) is 0 Å². The lowest BCUT2D eigenvalue weighted by molar-refractivity contribution is -0.0864. The Morgan fingerprint density at radius 1 is 1.30 bits per heavy atom. The summed E-state index contributed by atoms with van der Waals surface area (Å²) in [5.74, 6) is 0.0598. The zero-order chi connectivity index (χ0) is 16.0. The molecular weight excluding hydrogens is 314 g/mol. The molecule has 2 fully saturated rings. The zero-order valence-electron chi connectivity index (χ0n) is 12.8. The second-order valence-corrected chi connectivity index (χ2v) is 7.23. The van der Waals surface area contributed by atoms with Crippen LogP contribution in [0, 0.1) is 5.92 Å². The van der Waals surface area contributed by atoms with Crippen LogP contribution in [-0.4, -0.2) is 17.3 Å². The molecule has 5 heteroatoms. The Balaban J connectivity index is 1.82. The molecule has 0 amide bonds. The van der Waals surface area contributed by atoms with Crippen LogP contribution in [0.15, 0.2) is 33.7 Å². The molecule has 1 aromatic heterocycles. The van der Waals surface area contributed by atoms with Gasteiger partial charge in [-0.3, -0.25) is 4.79 Å². The largest absolute Gasteiger partial charge is 0.464 e. The normalized spacial score (nSPS) is 31.0. The number of hydrogen-bond donors (Lipinski definition) is 2. The minimum absolute atomic E-state index is 0.0546. The van der Waals surface area contributed by atoms with E-state index >= 15 is 0 Å². The van der Waals surface area contributed by atoms with Gasteiger partial charge in [0.1, 0.15) is 5.58 Å². The minimum Gasteiger partial charge on any atom is -0.464 e. The Bertz CT molecular complexity index is 798. The lowest BCUT2D eigenvalue weighted by atomic mass is 9.67. The van der Waals surface area contributed by atoms with Gasteiger partial charge >= 0.3 is 0 Å². The topological polar surface area (TPSA) is 62.5 Å². The standard InChI is InChI=1S/C18H20ClNO3/c19-11-4-5-15-12(9-11)17(21)13(10-23-15)16-14-3-1-2-6-18(14,22)7-8-20-16/h4-5,9-10,14,16,20,22H,1-3,6-8H2/t14-,16+,18+/m0/s1. The van der Waals surface area contributed by atoms with E-state index in [0.717, 1.165) is 32.1 Å². The average molecular weight is 334 g/mol. The summed E-state index contributed by atoms with van der Waals surface area (Å²) in [6.07, 6.45) is 6.20. The van der Waals surface area contributed by atoms with E-state index in [1.165, 1.54) is 0 Å². The second-order valence-electron chi connectivity index (χ2n) is 6.80. The summed E-state index contributed by atoms with van der Waals surface area (Å²) in [6, 6.07) is 4.93. The first-order valence-corrected chi connectivity index (χ1v) is 8.63. The maximum absolute atomic E-state index is 12.9. The van der Waals surface area contributed by atoms with Crippen molar-refractivity contribution in [2.24, 2.45) is 5.92 Å². The predicted octanol–water partition coefficient (Wildman–Crippen LogP) is 3.40. The van der Waals surface area contributed by atoms with Gasteiger partial charge in [-0.15, -0.1) is 0 Å². The minimum atomic E-state index is -0.663. The fourth-order valence-electron chi connectivity index (χ4n) is 4.28. The van der Waals surface area contributed by atoms with E-state index in [1.807, 2.05) is 0 Å². The van der Waals surface area contributed by atoms with Crippen molar-refractivity contribution in [3.63, 3.8) is 0 Å². The number of nitrogens with one attached hydrogen (secondary N) is 1. The molecule has 4 nitrogen and oxygen atoms in total. The fourth-order valence-corrected chi connectivity index (χ4v) is 4.45. The van der Waals surface area contributed by atoms with Gasteiger partial charge in [0.25, 0.3) is 0 Å². The van der Waals surface area contributed by atoms with Gasteiger partial charge in [-0.2, -0.15) is 0 Å². The third-order valence-corrected chi connectivity index (χ3v) is 5.72. The molecule has 2 heterocycles. The van der Waals surface area contributed by atoms with Crippen LogP contribution in [0.25, 0.3) is 11.0 Å². The Morgan fingerprint density at radius 2 is 2.17 bits per heavy atom. The van der Waals surface area contributed by atoms with Gasteiger partial charge in [0.05, 0.1) is 22.8 Å². The molecule has 1 aromatic carbocycles. The molecule has 3 atom stereocenters. The summed E-state index contributed by atoms with van der Waals surface area (Å²) in [5.41, 5.74) is 0.424. The monoisotopic (exact) mass is 333 g/mol. The van der Waals surface area contributed by atoms with E-state index < -0.39 is 5.60 Å². The molecule has 1 aliphatic heterocycles. The highest BCUT2D eigenvalue weighted by Gasteiger charge is 2.46. The van der Waals surface area contributed by atoms with Gasteiger partial charge in [0.2, 0.25) is 0 Å². The van der Waals surface area contributed by atoms with E-state index in [2.05, 4.69) is 5.32 Å². The lowest BCUT2D eigenvalue weighted by Gasteiger charge is -2.48. The number of benzene rings is 1. The molecule has 0 radical (unpaired) electrons. The SMILES string of the molecule is O=c1c([C@H]2NCC[C@]3(O)CCCC[C@@H]23)coc2ccc(Cl)cc12. The maximum atomic E-state index is 12.9. The Labute approximate surface area is 139 Å². The number of piperidine rings is 1. The molecule has 0 unspecified atom stereocenters. The number of aliphatic hydroxyl groups is 1. The summed E-state index contributed by atoms with van der Waals surface area (Å²) in [7, 11) is 0. The Hall–Kier alpha value is -1.36. The molecular formula is C18H20ClNO3. The first-order chi connectivity index (χ1) is 11.1. The average Bonchev–Trinajstić information content (AvgIpc) is 2.55. The van der Waals surface area contributed by atoms with Crippen molar-refractivity contribution in [2.45, 2.75) is 43.7 Å². The molecule has 1 saturated carbocycles. The molecule has 0 spiro atoms. The van der Waals surface area contributed by atoms with Crippen LogP contribution >= 0.6 is 11.6 Å². The van der Waals surface area contributed by atoms with Crippen LogP contribution in [0.3, 0.4) is 0 Å². The molecule has 2 aromatic rings. The molecule has 2 aliphatic rings. The summed E-state index contributed by atoms with van der Waals surface area (Å²) in [5, 5.41) is 15.4. The van der Waals surface area contributed by atoms with Gasteiger partial charge < -0.3 is 14.8 Å². The molecule has 23 heavy (non-hydrogen) atoms. The van der Waals surface area contributed by atoms with Gasteiger partial charge in [0, 0.05) is 17.0 Å². The van der Waals surface area contributed by atoms with Gasteiger partial charge in [-0.05, 0) is 44.0 Å². The first-order valence-electron chi connectivity index (χ1n) is 8.25. The smallest absolute Gasteiger partial charge is 0.197 e. The highest BCUT2D eigenvalue weighted by atomic mass is 35.5. The number of halogens is 1. The quantitative estimate of drug-likeness (QED) is 0.839. The van der Waals surface area contributed by atoms with Gasteiger partial charge in [0.15, 0.2) is 5.43 Å². The molecule has 4 rings (SSSR count). The van der Waals surface area contributed by atoms with Gasteiger partial charge in [-0.1, -0.05) is 24.4 Å². The number of rotatable bonds is 1. The van der Waals surface area contributed by atoms with Crippen LogP contribution in [0.2, 0.25) is 5.02 Å². The molecule has 1 saturated heterocycles. The van der Waals surface area contributed by atoms with Crippen molar-refractivity contribution in [1.82, 2.24) is 5.32 Å². The van der Waals surface area contributed by atoms with Crippen LogP contribution < -0.4 is 10.7 Å². The van der Waals surface area contributed by atoms with Crippen molar-refractivity contribution >= 4 is 22.6 Å². The molecule has 0 bridgehead atoms. The van der Waals surface area contributed by atoms with Crippen molar-refractivity contribution < 1.29 is 9.52 Å². The highest BCUT2D eigenvalue weighted by Crippen LogP contribution is 2.45. The highest BCUT2D eigenvalue weighted by molar-refractivity contribution is 6.31. The van der Waals surface area contributed by atoms with Crippen molar-refractivity contribution in [3.8, 4) is 0 Å². The molecule has 122 valence electrons. The van der Waals surface area contributed by atoms with E-state index in [1.54, 1.807) is 24.5 Å². The summed E-state index contributed by atoms with van der Waals surface area (Å²) in [6.45, 7) is 0.713. The Morgan fingerprint density at radius 3 is 3.04 bits per heavy atom. The number of fused-ring (bicyclic) bond motifs is 2. The summed E-state index contributed by atoms with van der Waals surface area (Å²) < 4.78 is 5.66. The van der Waals surface area contributed by atoms with Gasteiger partial charge in [-0.25, -0.2) is 0 Å². The first kappa shape index (κ1) is 15.2. The predicted molar refractivity (Wildman–Crippen MR) is 89.8 cm³/mol. The maximum Gasteiger partial charge on any atom is 0.197 e. The van der Waals surface area contributed by atoms with Crippen molar-refractivity contribution in [2.75, 3.05) is 6.54 Å². The van der Waals surface area contributed by atoms with Crippen LogP contribution in [0.1, 0.15) is 43.7 Å². The van der Waals surface area contributed by atoms with E-state index in [0.29, 0.717) is 28.1 Å². The van der Waals surface area contributed by atoms with Crippen molar-refractivity contribution in [1.29, 1.82) is 0 Å². The third-order valence-electron chi connectivity index (χ3n) is 5.49. The van der Waals surface area contributed by atoms with E-state index in [-0.39, 0.29) is 17.4 Å². The van der Waals surface area contributed by atoms with E-state index in [9.17, 15) is 9.90 Å². The third kappa shape index (κ3) is 2.49. The fraction of sp³-hybridized carbons (Fsp3) is 0.500. The Kier molecular flexibility index (Phi) is 3.71. The summed E-state index contributed by atoms with van der Waals surface area (Å²) >= 11 is 6.03. The number of hydrogen-bond acceptors (Lipinski definition) is 4. The van der Waals surface area contributed by atoms with E-state index in [4.69, 9.17) is 16.0 Å². The lowest BCUT2D eigenvalue weighted by Crippen LogP contribution is -2.54. The second kappa shape index (κ2) is 5.62. The summed E-state index contributed by atoms with van der Waals surface area (Å²) in [4.78, 5) is 12.9. The molecule has 2 N–H and O–H groups in total. The zero-order valence-corrected chi connectivity index (χ0v) is 13.6. The molecule has 1 aliphatic carbocycles.